The third-order valence-corrected chi connectivity index (χ3v) is 3.23. The smallest absolute Gasteiger partial charge is 0.416 e. The van der Waals surface area contributed by atoms with E-state index < -0.39 is 17.6 Å². The molecule has 25 heavy (non-hydrogen) atoms. The predicted molar refractivity (Wildman–Crippen MR) is 85.1 cm³/mol. The second kappa shape index (κ2) is 7.78. The minimum Gasteiger partial charge on any atom is -0.497 e. The van der Waals surface area contributed by atoms with E-state index in [9.17, 15) is 18.0 Å². The number of amides is 1. The zero-order valence-electron chi connectivity index (χ0n) is 13.5. The van der Waals surface area contributed by atoms with Crippen molar-refractivity contribution in [1.29, 1.82) is 0 Å². The van der Waals surface area contributed by atoms with Gasteiger partial charge in [0, 0.05) is 6.07 Å². The van der Waals surface area contributed by atoms with E-state index in [1.807, 2.05) is 0 Å². The number of alkyl halides is 3. The van der Waals surface area contributed by atoms with E-state index in [0.717, 1.165) is 24.3 Å². The molecule has 0 aromatic heterocycles. The summed E-state index contributed by atoms with van der Waals surface area (Å²) in [6, 6.07) is 8.97. The van der Waals surface area contributed by atoms with Crippen molar-refractivity contribution >= 4 is 11.6 Å². The third-order valence-electron chi connectivity index (χ3n) is 3.23. The lowest BCUT2D eigenvalue weighted by Crippen LogP contribution is -2.20. The highest BCUT2D eigenvalue weighted by Gasteiger charge is 2.30. The molecule has 0 aliphatic carbocycles. The molecule has 0 atom stereocenters. The molecule has 1 N–H and O–H groups in total. The summed E-state index contributed by atoms with van der Waals surface area (Å²) in [5.74, 6) is 0.621. The van der Waals surface area contributed by atoms with Crippen LogP contribution in [0.3, 0.4) is 0 Å². The summed E-state index contributed by atoms with van der Waals surface area (Å²) in [5.41, 5.74) is -0.395. The molecule has 0 radical (unpaired) electrons. The van der Waals surface area contributed by atoms with Gasteiger partial charge in [0.05, 0.1) is 25.5 Å². The van der Waals surface area contributed by atoms with Crippen LogP contribution >= 0.6 is 0 Å². The van der Waals surface area contributed by atoms with E-state index in [4.69, 9.17) is 14.2 Å². The van der Waals surface area contributed by atoms with Crippen molar-refractivity contribution in [2.24, 2.45) is 0 Å². The van der Waals surface area contributed by atoms with E-state index in [0.29, 0.717) is 17.2 Å². The number of methoxy groups -OCH3 is 2. The van der Waals surface area contributed by atoms with Gasteiger partial charge in [0.15, 0.2) is 6.61 Å². The minimum absolute atomic E-state index is 0.153. The summed E-state index contributed by atoms with van der Waals surface area (Å²) in [6.07, 6.45) is -4.42. The zero-order chi connectivity index (χ0) is 18.4. The number of nitrogens with one attached hydrogen (secondary N) is 1. The average Bonchev–Trinajstić information content (AvgIpc) is 2.59. The first-order valence-electron chi connectivity index (χ1n) is 7.15. The van der Waals surface area contributed by atoms with Crippen LogP contribution in [0, 0.1) is 0 Å². The number of rotatable bonds is 6. The lowest BCUT2D eigenvalue weighted by Gasteiger charge is -2.12. The van der Waals surface area contributed by atoms with Crippen molar-refractivity contribution in [2.45, 2.75) is 6.18 Å². The standard InChI is InChI=1S/C17H16F3NO4/c1-23-13-7-8-15(24-2)14(9-13)21-16(22)10-25-12-5-3-11(4-6-12)17(18,19)20/h3-9H,10H2,1-2H3,(H,21,22). The molecular weight excluding hydrogens is 339 g/mol. The Bertz CT molecular complexity index is 730. The minimum atomic E-state index is -4.42. The Morgan fingerprint density at radius 3 is 2.20 bits per heavy atom. The average molecular weight is 355 g/mol. The monoisotopic (exact) mass is 355 g/mol. The van der Waals surface area contributed by atoms with Crippen LogP contribution in [0.15, 0.2) is 42.5 Å². The van der Waals surface area contributed by atoms with Gasteiger partial charge in [0.2, 0.25) is 0 Å². The highest BCUT2D eigenvalue weighted by Crippen LogP contribution is 2.30. The van der Waals surface area contributed by atoms with Crippen molar-refractivity contribution in [3.63, 3.8) is 0 Å². The molecule has 5 nitrogen and oxygen atoms in total. The Kier molecular flexibility index (Phi) is 5.74. The molecule has 0 heterocycles. The molecule has 2 aromatic carbocycles. The van der Waals surface area contributed by atoms with Gasteiger partial charge in [0.1, 0.15) is 17.2 Å². The first kappa shape index (κ1) is 18.4. The van der Waals surface area contributed by atoms with Crippen LogP contribution in [0.2, 0.25) is 0 Å². The molecule has 2 rings (SSSR count). The molecule has 0 aliphatic heterocycles. The molecule has 0 saturated carbocycles. The second-order valence-corrected chi connectivity index (χ2v) is 4.93. The zero-order valence-corrected chi connectivity index (χ0v) is 13.5. The number of halogens is 3. The number of anilines is 1. The van der Waals surface area contributed by atoms with Crippen LogP contribution in [0.25, 0.3) is 0 Å². The summed E-state index contributed by atoms with van der Waals surface area (Å²) < 4.78 is 52.8. The summed E-state index contributed by atoms with van der Waals surface area (Å²) in [6.45, 7) is -0.369. The van der Waals surface area contributed by atoms with Crippen molar-refractivity contribution in [3.8, 4) is 17.2 Å². The van der Waals surface area contributed by atoms with Crippen molar-refractivity contribution < 1.29 is 32.2 Å². The van der Waals surface area contributed by atoms with E-state index in [1.165, 1.54) is 14.2 Å². The summed E-state index contributed by atoms with van der Waals surface area (Å²) >= 11 is 0. The third kappa shape index (κ3) is 5.03. The fourth-order valence-electron chi connectivity index (χ4n) is 1.99. The first-order chi connectivity index (χ1) is 11.8. The fourth-order valence-corrected chi connectivity index (χ4v) is 1.99. The molecular formula is C17H16F3NO4. The molecule has 2 aromatic rings. The van der Waals surface area contributed by atoms with E-state index in [2.05, 4.69) is 5.32 Å². The number of carbonyl (C=O) groups excluding carboxylic acids is 1. The van der Waals surface area contributed by atoms with Crippen LogP contribution in [-0.2, 0) is 11.0 Å². The summed E-state index contributed by atoms with van der Waals surface area (Å²) in [4.78, 5) is 12.0. The van der Waals surface area contributed by atoms with E-state index in [-0.39, 0.29) is 12.4 Å². The maximum atomic E-state index is 12.5. The number of benzene rings is 2. The fraction of sp³-hybridized carbons (Fsp3) is 0.235. The maximum Gasteiger partial charge on any atom is 0.416 e. The predicted octanol–water partition coefficient (Wildman–Crippen LogP) is 3.74. The van der Waals surface area contributed by atoms with Gasteiger partial charge < -0.3 is 19.5 Å². The van der Waals surface area contributed by atoms with Crippen molar-refractivity contribution in [3.05, 3.63) is 48.0 Å². The molecule has 0 fully saturated rings. The van der Waals surface area contributed by atoms with Crippen LogP contribution in [0.5, 0.6) is 17.2 Å². The second-order valence-electron chi connectivity index (χ2n) is 4.93. The number of carbonyl (C=O) groups is 1. The Morgan fingerprint density at radius 1 is 1.00 bits per heavy atom. The highest BCUT2D eigenvalue weighted by molar-refractivity contribution is 5.93. The lowest BCUT2D eigenvalue weighted by atomic mass is 10.2. The molecule has 0 spiro atoms. The summed E-state index contributed by atoms with van der Waals surface area (Å²) in [5, 5.41) is 2.59. The molecule has 0 unspecified atom stereocenters. The Balaban J connectivity index is 1.97. The van der Waals surface area contributed by atoms with Gasteiger partial charge in [-0.1, -0.05) is 0 Å². The number of ether oxygens (including phenoxy) is 3. The van der Waals surface area contributed by atoms with E-state index >= 15 is 0 Å². The van der Waals surface area contributed by atoms with Crippen LogP contribution in [0.4, 0.5) is 18.9 Å². The lowest BCUT2D eigenvalue weighted by molar-refractivity contribution is -0.137. The van der Waals surface area contributed by atoms with Gasteiger partial charge in [-0.3, -0.25) is 4.79 Å². The van der Waals surface area contributed by atoms with E-state index in [1.54, 1.807) is 18.2 Å². The molecule has 8 heteroatoms. The van der Waals surface area contributed by atoms with Crippen molar-refractivity contribution in [1.82, 2.24) is 0 Å². The Hall–Kier alpha value is -2.90. The van der Waals surface area contributed by atoms with Crippen LogP contribution in [-0.4, -0.2) is 26.7 Å². The topological polar surface area (TPSA) is 56.8 Å². The van der Waals surface area contributed by atoms with Gasteiger partial charge in [-0.15, -0.1) is 0 Å². The molecule has 0 aliphatic rings. The largest absolute Gasteiger partial charge is 0.497 e. The van der Waals surface area contributed by atoms with Gasteiger partial charge in [-0.25, -0.2) is 0 Å². The highest BCUT2D eigenvalue weighted by atomic mass is 19.4. The Labute approximate surface area is 142 Å². The summed E-state index contributed by atoms with van der Waals surface area (Å²) in [7, 11) is 2.94. The maximum absolute atomic E-state index is 12.5. The quantitative estimate of drug-likeness (QED) is 0.858. The van der Waals surface area contributed by atoms with Crippen LogP contribution < -0.4 is 19.5 Å². The molecule has 134 valence electrons. The van der Waals surface area contributed by atoms with Gasteiger partial charge >= 0.3 is 6.18 Å². The number of hydrogen-bond acceptors (Lipinski definition) is 4. The van der Waals surface area contributed by atoms with Gasteiger partial charge in [0.25, 0.3) is 5.91 Å². The Morgan fingerprint density at radius 2 is 1.64 bits per heavy atom. The van der Waals surface area contributed by atoms with Gasteiger partial charge in [-0.05, 0) is 36.4 Å². The normalized spacial score (nSPS) is 10.9. The molecule has 1 amide bonds. The van der Waals surface area contributed by atoms with Gasteiger partial charge in [-0.2, -0.15) is 13.2 Å². The number of hydrogen-bond donors (Lipinski definition) is 1. The first-order valence-corrected chi connectivity index (χ1v) is 7.15. The molecule has 0 bridgehead atoms. The van der Waals surface area contributed by atoms with Crippen molar-refractivity contribution in [2.75, 3.05) is 26.1 Å². The molecule has 0 saturated heterocycles. The van der Waals surface area contributed by atoms with Crippen LogP contribution in [0.1, 0.15) is 5.56 Å². The SMILES string of the molecule is COc1ccc(OC)c(NC(=O)COc2ccc(C(F)(F)F)cc2)c1.